The first kappa shape index (κ1) is 19.5. The highest BCUT2D eigenvalue weighted by Crippen LogP contribution is 2.36. The van der Waals surface area contributed by atoms with E-state index in [1.54, 1.807) is 19.9 Å². The fraction of sp³-hybridized carbons (Fsp3) is 0.400. The number of aliphatic imine (C=N–C) groups is 1. The average Bonchev–Trinajstić information content (AvgIpc) is 3.25. The van der Waals surface area contributed by atoms with Gasteiger partial charge in [0, 0.05) is 0 Å². The molecular weight excluding hydrogens is 366 g/mol. The molecule has 0 bridgehead atoms. The highest BCUT2D eigenvalue weighted by atomic mass is 32.1. The second kappa shape index (κ2) is 9.06. The van der Waals surface area contributed by atoms with Gasteiger partial charge in [-0.15, -0.1) is 0 Å². The molecule has 1 aromatic heterocycles. The van der Waals surface area contributed by atoms with Crippen LogP contribution in [0.5, 0.6) is 0 Å². The van der Waals surface area contributed by atoms with Crippen molar-refractivity contribution in [3.05, 3.63) is 59.0 Å². The van der Waals surface area contributed by atoms with Gasteiger partial charge >= 0.3 is 5.97 Å². The Hall–Kier alpha value is -2.31. The first-order chi connectivity index (χ1) is 13.1. The highest BCUT2D eigenvalue weighted by molar-refractivity contribution is 7.78. The number of carbonyl (C=O) groups excluding carboxylic acids is 1. The van der Waals surface area contributed by atoms with Gasteiger partial charge in [0.05, 0.1) is 25.0 Å². The highest BCUT2D eigenvalue weighted by Gasteiger charge is 2.41. The molecule has 0 saturated carbocycles. The number of carbonyl (C=O) groups is 1. The molecule has 2 heterocycles. The molecule has 0 radical (unpaired) electrons. The number of ether oxygens (including phenoxy) is 3. The smallest absolute Gasteiger partial charge is 0.341 e. The van der Waals surface area contributed by atoms with E-state index in [1.807, 2.05) is 30.3 Å². The van der Waals surface area contributed by atoms with Crippen LogP contribution in [0.4, 0.5) is 0 Å². The maximum atomic E-state index is 12.1. The van der Waals surface area contributed by atoms with Crippen LogP contribution in [0.3, 0.4) is 0 Å². The van der Waals surface area contributed by atoms with Crippen molar-refractivity contribution in [3.8, 4) is 0 Å². The number of rotatable bonds is 7. The predicted molar refractivity (Wildman–Crippen MR) is 102 cm³/mol. The van der Waals surface area contributed by atoms with Crippen molar-refractivity contribution in [1.29, 1.82) is 0 Å². The normalized spacial score (nSPS) is 21.6. The number of aryl methyl sites for hydroxylation is 1. The van der Waals surface area contributed by atoms with Crippen LogP contribution in [0.15, 0.2) is 45.8 Å². The van der Waals surface area contributed by atoms with Crippen LogP contribution in [0.25, 0.3) is 0 Å². The Morgan fingerprint density at radius 1 is 1.37 bits per heavy atom. The van der Waals surface area contributed by atoms with E-state index in [0.717, 1.165) is 5.56 Å². The summed E-state index contributed by atoms with van der Waals surface area (Å²) in [4.78, 5) is 16.2. The molecule has 0 amide bonds. The number of hydrogen-bond donors (Lipinski definition) is 0. The molecule has 0 spiro atoms. The van der Waals surface area contributed by atoms with Crippen molar-refractivity contribution in [2.24, 2.45) is 4.99 Å². The lowest BCUT2D eigenvalue weighted by Gasteiger charge is -2.19. The molecule has 1 saturated heterocycles. The summed E-state index contributed by atoms with van der Waals surface area (Å²) >= 11 is 4.75. The third kappa shape index (κ3) is 4.51. The lowest BCUT2D eigenvalue weighted by molar-refractivity contribution is -0.0300. The van der Waals surface area contributed by atoms with Crippen molar-refractivity contribution in [3.63, 3.8) is 0 Å². The van der Waals surface area contributed by atoms with Gasteiger partial charge in [-0.3, -0.25) is 0 Å². The lowest BCUT2D eigenvalue weighted by atomic mass is 10.1. The summed E-state index contributed by atoms with van der Waals surface area (Å²) in [6.45, 7) is 4.52. The van der Waals surface area contributed by atoms with Gasteiger partial charge in [-0.1, -0.05) is 30.3 Å². The van der Waals surface area contributed by atoms with Crippen molar-refractivity contribution in [2.45, 2.75) is 38.7 Å². The summed E-state index contributed by atoms with van der Waals surface area (Å²) in [6, 6.07) is 11.2. The zero-order valence-electron chi connectivity index (χ0n) is 15.2. The zero-order chi connectivity index (χ0) is 19.2. The molecule has 1 fully saturated rings. The number of benzene rings is 1. The minimum atomic E-state index is -0.493. The molecule has 0 N–H and O–H groups in total. The number of isothiocyanates is 1. The first-order valence-corrected chi connectivity index (χ1v) is 9.16. The monoisotopic (exact) mass is 387 g/mol. The Balaban J connectivity index is 1.81. The molecule has 0 aliphatic carbocycles. The quantitative estimate of drug-likeness (QED) is 0.408. The van der Waals surface area contributed by atoms with Crippen LogP contribution in [-0.4, -0.2) is 36.5 Å². The number of hydrogen-bond acceptors (Lipinski definition) is 7. The third-order valence-electron chi connectivity index (χ3n) is 4.34. The summed E-state index contributed by atoms with van der Waals surface area (Å²) in [5.41, 5.74) is 1.43. The maximum absolute atomic E-state index is 12.1. The Bertz CT molecular complexity index is 828. The molecule has 1 aromatic carbocycles. The largest absolute Gasteiger partial charge is 0.463 e. The van der Waals surface area contributed by atoms with Gasteiger partial charge in [0.25, 0.3) is 0 Å². The van der Waals surface area contributed by atoms with Crippen molar-refractivity contribution < 1.29 is 23.4 Å². The van der Waals surface area contributed by atoms with E-state index < -0.39 is 18.2 Å². The molecule has 142 valence electrons. The van der Waals surface area contributed by atoms with E-state index in [1.165, 1.54) is 0 Å². The summed E-state index contributed by atoms with van der Waals surface area (Å²) in [7, 11) is 0. The SMILES string of the molecule is CCOC(=O)c1cc([C@@H]2OC[C@H](N=C=S)[C@H]2OCc2ccccc2)oc1C. The number of nitrogens with zero attached hydrogens (tertiary/aromatic N) is 1. The van der Waals surface area contributed by atoms with Gasteiger partial charge in [-0.05, 0) is 37.7 Å². The predicted octanol–water partition coefficient (Wildman–Crippen LogP) is 3.89. The Kier molecular flexibility index (Phi) is 6.53. The Labute approximate surface area is 163 Å². The second-order valence-electron chi connectivity index (χ2n) is 6.14. The summed E-state index contributed by atoms with van der Waals surface area (Å²) < 4.78 is 22.8. The second-order valence-corrected chi connectivity index (χ2v) is 6.32. The third-order valence-corrected chi connectivity index (χ3v) is 4.45. The number of esters is 1. The molecule has 1 aliphatic rings. The minimum absolute atomic E-state index is 0.285. The van der Waals surface area contributed by atoms with Crippen molar-refractivity contribution in [2.75, 3.05) is 13.2 Å². The summed E-state index contributed by atoms with van der Waals surface area (Å²) in [6.07, 6.45) is -0.894. The Morgan fingerprint density at radius 2 is 2.15 bits per heavy atom. The van der Waals surface area contributed by atoms with E-state index >= 15 is 0 Å². The molecular formula is C20H21NO5S. The lowest BCUT2D eigenvalue weighted by Crippen LogP contribution is -2.27. The van der Waals surface area contributed by atoms with Gasteiger partial charge in [0.15, 0.2) is 0 Å². The fourth-order valence-corrected chi connectivity index (χ4v) is 3.17. The van der Waals surface area contributed by atoms with E-state index in [9.17, 15) is 4.79 Å². The van der Waals surface area contributed by atoms with Crippen LogP contribution in [0, 0.1) is 6.92 Å². The summed E-state index contributed by atoms with van der Waals surface area (Å²) in [5, 5.41) is 2.40. The molecule has 0 unspecified atom stereocenters. The van der Waals surface area contributed by atoms with Crippen LogP contribution in [0.2, 0.25) is 0 Å². The van der Waals surface area contributed by atoms with Crippen molar-refractivity contribution in [1.82, 2.24) is 0 Å². The molecule has 3 atom stereocenters. The van der Waals surface area contributed by atoms with Crippen LogP contribution in [-0.2, 0) is 20.8 Å². The van der Waals surface area contributed by atoms with Crippen LogP contribution in [0.1, 0.15) is 40.5 Å². The first-order valence-electron chi connectivity index (χ1n) is 8.75. The molecule has 1 aliphatic heterocycles. The molecule has 2 aromatic rings. The minimum Gasteiger partial charge on any atom is -0.463 e. The molecule has 6 nitrogen and oxygen atoms in total. The molecule has 3 rings (SSSR count). The van der Waals surface area contributed by atoms with Gasteiger partial charge in [0.1, 0.15) is 35.3 Å². The van der Waals surface area contributed by atoms with E-state index in [2.05, 4.69) is 10.2 Å². The fourth-order valence-electron chi connectivity index (χ4n) is 3.04. The molecule has 7 heteroatoms. The van der Waals surface area contributed by atoms with Crippen LogP contribution < -0.4 is 0 Å². The van der Waals surface area contributed by atoms with Crippen LogP contribution >= 0.6 is 12.2 Å². The zero-order valence-corrected chi connectivity index (χ0v) is 16.0. The molecule has 27 heavy (non-hydrogen) atoms. The van der Waals surface area contributed by atoms with E-state index in [-0.39, 0.29) is 6.04 Å². The summed E-state index contributed by atoms with van der Waals surface area (Å²) in [5.74, 6) is 0.574. The number of furan rings is 1. The standard InChI is InChI=1S/C20H21NO5S/c1-3-23-20(22)15-9-17(26-13(15)2)19-18(16(11-25-19)21-12-27)24-10-14-7-5-4-6-8-14/h4-9,16,18-19H,3,10-11H2,1-2H3/t16-,18+,19-/m0/s1. The van der Waals surface area contributed by atoms with Gasteiger partial charge < -0.3 is 18.6 Å². The Morgan fingerprint density at radius 3 is 2.85 bits per heavy atom. The van der Waals surface area contributed by atoms with Gasteiger partial charge in [-0.2, -0.15) is 0 Å². The topological polar surface area (TPSA) is 70.3 Å². The average molecular weight is 387 g/mol. The van der Waals surface area contributed by atoms with E-state index in [0.29, 0.717) is 36.9 Å². The van der Waals surface area contributed by atoms with Gasteiger partial charge in [-0.25, -0.2) is 9.79 Å². The van der Waals surface area contributed by atoms with E-state index in [4.69, 9.17) is 30.8 Å². The van der Waals surface area contributed by atoms with Gasteiger partial charge in [0.2, 0.25) is 0 Å². The maximum Gasteiger partial charge on any atom is 0.341 e. The number of thiocarbonyl (C=S) groups is 1. The van der Waals surface area contributed by atoms with Crippen molar-refractivity contribution >= 4 is 23.3 Å².